The predicted octanol–water partition coefficient (Wildman–Crippen LogP) is 2.78. The van der Waals surface area contributed by atoms with Crippen molar-refractivity contribution in [1.29, 1.82) is 0 Å². The molecule has 0 saturated carbocycles. The molecule has 0 saturated heterocycles. The maximum atomic E-state index is 9.65. The van der Waals surface area contributed by atoms with Crippen LogP contribution in [0.1, 0.15) is 23.5 Å². The summed E-state index contributed by atoms with van der Waals surface area (Å²) in [7, 11) is 0. The lowest BCUT2D eigenvalue weighted by Crippen LogP contribution is -2.05. The van der Waals surface area contributed by atoms with Crippen LogP contribution in [0.25, 0.3) is 0 Å². The predicted molar refractivity (Wildman–Crippen MR) is 55.5 cm³/mol. The number of ether oxygens (including phenoxy) is 1. The summed E-state index contributed by atoms with van der Waals surface area (Å²) in [5.41, 5.74) is 1.01. The average Bonchev–Trinajstić information content (AvgIpc) is 2.44. The molecule has 0 aliphatic rings. The van der Waals surface area contributed by atoms with Crippen molar-refractivity contribution < 1.29 is 9.84 Å². The quantitative estimate of drug-likeness (QED) is 0.846. The van der Waals surface area contributed by atoms with Crippen molar-refractivity contribution in [2.45, 2.75) is 20.0 Å². The van der Waals surface area contributed by atoms with Gasteiger partial charge in [-0.3, -0.25) is 0 Å². The first kappa shape index (κ1) is 11.0. The lowest BCUT2D eigenvalue weighted by molar-refractivity contribution is 0.0439. The number of hydrogen-bond acceptors (Lipinski definition) is 3. The van der Waals surface area contributed by atoms with E-state index in [-0.39, 0.29) is 0 Å². The lowest BCUT2D eigenvalue weighted by Gasteiger charge is -2.08. The fraction of sp³-hybridized carbons (Fsp3) is 0.556. The van der Waals surface area contributed by atoms with Gasteiger partial charge < -0.3 is 9.84 Å². The minimum Gasteiger partial charge on any atom is -0.385 e. The average molecular weight is 221 g/mol. The lowest BCUT2D eigenvalue weighted by atomic mass is 10.2. The smallest absolute Gasteiger partial charge is 0.113 e. The molecule has 1 aromatic heterocycles. The second-order valence-corrected chi connectivity index (χ2v) is 4.06. The molecule has 0 bridgehead atoms. The van der Waals surface area contributed by atoms with Crippen LogP contribution in [0.2, 0.25) is 5.02 Å². The molecule has 74 valence electrons. The molecule has 0 spiro atoms. The zero-order valence-electron chi connectivity index (χ0n) is 7.71. The molecule has 0 aliphatic heterocycles. The van der Waals surface area contributed by atoms with Crippen LogP contribution in [-0.2, 0) is 4.74 Å². The van der Waals surface area contributed by atoms with Crippen LogP contribution in [0.3, 0.4) is 0 Å². The molecular formula is C9H13ClO2S. The van der Waals surface area contributed by atoms with Gasteiger partial charge in [-0.1, -0.05) is 11.6 Å². The van der Waals surface area contributed by atoms with Gasteiger partial charge in [0, 0.05) is 6.61 Å². The Morgan fingerprint density at radius 3 is 2.85 bits per heavy atom. The minimum atomic E-state index is -0.592. The highest BCUT2D eigenvalue weighted by Gasteiger charge is 2.14. The van der Waals surface area contributed by atoms with Crippen LogP contribution >= 0.6 is 22.9 Å². The first-order valence-corrected chi connectivity index (χ1v) is 5.41. The molecule has 1 rings (SSSR count). The summed E-state index contributed by atoms with van der Waals surface area (Å²) in [5, 5.41) is 12.2. The zero-order valence-corrected chi connectivity index (χ0v) is 9.28. The largest absolute Gasteiger partial charge is 0.385 e. The SMILES string of the molecule is CCOCC(O)c1scc(C)c1Cl. The Morgan fingerprint density at radius 1 is 1.69 bits per heavy atom. The van der Waals surface area contributed by atoms with Crippen molar-refractivity contribution in [3.63, 3.8) is 0 Å². The minimum absolute atomic E-state index is 0.316. The number of aliphatic hydroxyl groups is 1. The molecule has 0 amide bonds. The summed E-state index contributed by atoms with van der Waals surface area (Å²) < 4.78 is 5.11. The second kappa shape index (κ2) is 4.96. The third-order valence-electron chi connectivity index (χ3n) is 1.71. The van der Waals surface area contributed by atoms with E-state index in [0.717, 1.165) is 10.4 Å². The van der Waals surface area contributed by atoms with Crippen LogP contribution in [0.5, 0.6) is 0 Å². The van der Waals surface area contributed by atoms with E-state index >= 15 is 0 Å². The molecule has 1 N–H and O–H groups in total. The number of aliphatic hydroxyl groups excluding tert-OH is 1. The third-order valence-corrected chi connectivity index (χ3v) is 3.52. The molecule has 0 aliphatic carbocycles. The number of thiophene rings is 1. The maximum Gasteiger partial charge on any atom is 0.113 e. The highest BCUT2D eigenvalue weighted by molar-refractivity contribution is 7.10. The molecule has 4 heteroatoms. The molecule has 0 radical (unpaired) electrons. The Kier molecular flexibility index (Phi) is 4.19. The first-order valence-electron chi connectivity index (χ1n) is 4.16. The number of halogens is 1. The normalized spacial score (nSPS) is 13.2. The van der Waals surface area contributed by atoms with Crippen LogP contribution < -0.4 is 0 Å². The van der Waals surface area contributed by atoms with Gasteiger partial charge in [-0.25, -0.2) is 0 Å². The van der Waals surface area contributed by atoms with E-state index in [1.807, 2.05) is 19.2 Å². The Bertz CT molecular complexity index is 273. The van der Waals surface area contributed by atoms with E-state index in [9.17, 15) is 5.11 Å². The van der Waals surface area contributed by atoms with E-state index in [0.29, 0.717) is 18.2 Å². The molecule has 13 heavy (non-hydrogen) atoms. The summed E-state index contributed by atoms with van der Waals surface area (Å²) >= 11 is 7.45. The zero-order chi connectivity index (χ0) is 9.84. The van der Waals surface area contributed by atoms with Crippen LogP contribution in [-0.4, -0.2) is 18.3 Å². The summed E-state index contributed by atoms with van der Waals surface area (Å²) in [6.07, 6.45) is -0.592. The van der Waals surface area contributed by atoms with Gasteiger partial charge in [0.25, 0.3) is 0 Å². The Balaban J connectivity index is 2.65. The summed E-state index contributed by atoms with van der Waals surface area (Å²) in [6, 6.07) is 0. The molecule has 1 atom stereocenters. The molecule has 1 unspecified atom stereocenters. The van der Waals surface area contributed by atoms with Gasteiger partial charge in [0.15, 0.2) is 0 Å². The van der Waals surface area contributed by atoms with Gasteiger partial charge in [-0.05, 0) is 24.8 Å². The molecule has 2 nitrogen and oxygen atoms in total. The highest BCUT2D eigenvalue weighted by atomic mass is 35.5. The van der Waals surface area contributed by atoms with Gasteiger partial charge in [0.2, 0.25) is 0 Å². The van der Waals surface area contributed by atoms with E-state index in [2.05, 4.69) is 0 Å². The highest BCUT2D eigenvalue weighted by Crippen LogP contribution is 2.32. The number of hydrogen-bond donors (Lipinski definition) is 1. The van der Waals surface area contributed by atoms with Gasteiger partial charge in [0.1, 0.15) is 6.10 Å². The van der Waals surface area contributed by atoms with Crippen LogP contribution in [0.4, 0.5) is 0 Å². The number of aryl methyl sites for hydroxylation is 1. The maximum absolute atomic E-state index is 9.65. The molecular weight excluding hydrogens is 208 g/mol. The van der Waals surface area contributed by atoms with Crippen molar-refractivity contribution in [2.75, 3.05) is 13.2 Å². The first-order chi connectivity index (χ1) is 6.16. The molecule has 0 aromatic carbocycles. The monoisotopic (exact) mass is 220 g/mol. The summed E-state index contributed by atoms with van der Waals surface area (Å²) in [5.74, 6) is 0. The van der Waals surface area contributed by atoms with Crippen molar-refractivity contribution in [3.8, 4) is 0 Å². The number of rotatable bonds is 4. The fourth-order valence-electron chi connectivity index (χ4n) is 0.980. The van der Waals surface area contributed by atoms with Crippen molar-refractivity contribution in [1.82, 2.24) is 0 Å². The van der Waals surface area contributed by atoms with Gasteiger partial charge >= 0.3 is 0 Å². The Hall–Kier alpha value is -0.0900. The van der Waals surface area contributed by atoms with Crippen molar-refractivity contribution in [3.05, 3.63) is 20.8 Å². The van der Waals surface area contributed by atoms with E-state index < -0.39 is 6.10 Å². The Labute approximate surface area is 87.1 Å². The van der Waals surface area contributed by atoms with Gasteiger partial charge in [0.05, 0.1) is 16.5 Å². The van der Waals surface area contributed by atoms with Crippen LogP contribution in [0, 0.1) is 6.92 Å². The van der Waals surface area contributed by atoms with E-state index in [4.69, 9.17) is 16.3 Å². The molecule has 1 aromatic rings. The van der Waals surface area contributed by atoms with Crippen molar-refractivity contribution >= 4 is 22.9 Å². The van der Waals surface area contributed by atoms with E-state index in [1.54, 1.807) is 0 Å². The fourth-order valence-corrected chi connectivity index (χ4v) is 2.27. The summed E-state index contributed by atoms with van der Waals surface area (Å²) in [6.45, 7) is 4.75. The van der Waals surface area contributed by atoms with E-state index in [1.165, 1.54) is 11.3 Å². The molecule has 1 heterocycles. The van der Waals surface area contributed by atoms with Crippen molar-refractivity contribution in [2.24, 2.45) is 0 Å². The molecule has 0 fully saturated rings. The third kappa shape index (κ3) is 2.68. The second-order valence-electron chi connectivity index (χ2n) is 2.77. The summed E-state index contributed by atoms with van der Waals surface area (Å²) in [4.78, 5) is 0.799. The topological polar surface area (TPSA) is 29.5 Å². The Morgan fingerprint density at radius 2 is 2.38 bits per heavy atom. The van der Waals surface area contributed by atoms with Gasteiger partial charge in [-0.2, -0.15) is 0 Å². The standard InChI is InChI=1S/C9H13ClO2S/c1-3-12-4-7(11)9-8(10)6(2)5-13-9/h5,7,11H,3-4H2,1-2H3. The van der Waals surface area contributed by atoms with Crippen LogP contribution in [0.15, 0.2) is 5.38 Å². The van der Waals surface area contributed by atoms with Gasteiger partial charge in [-0.15, -0.1) is 11.3 Å².